The summed E-state index contributed by atoms with van der Waals surface area (Å²) in [6, 6.07) is 11.9. The summed E-state index contributed by atoms with van der Waals surface area (Å²) in [5.74, 6) is -0.110. The number of thiazole rings is 1. The predicted octanol–water partition coefficient (Wildman–Crippen LogP) is 3.71. The molecule has 11 heteroatoms. The molecule has 2 heterocycles. The number of carbonyl (C=O) groups excluding carboxylic acids is 3. The molecule has 0 bridgehead atoms. The number of fused-ring (bicyclic) bond motifs is 1. The lowest BCUT2D eigenvalue weighted by molar-refractivity contribution is -0.119. The number of rotatable bonds is 8. The van der Waals surface area contributed by atoms with E-state index in [2.05, 4.69) is 15.6 Å². The largest absolute Gasteiger partial charge is 0.454 e. The van der Waals surface area contributed by atoms with Crippen molar-refractivity contribution in [1.82, 2.24) is 4.98 Å². The molecule has 0 unspecified atom stereocenters. The van der Waals surface area contributed by atoms with Crippen molar-refractivity contribution in [3.8, 4) is 11.5 Å². The number of amides is 2. The van der Waals surface area contributed by atoms with E-state index in [4.69, 9.17) is 14.2 Å². The summed E-state index contributed by atoms with van der Waals surface area (Å²) in [5, 5.41) is 7.61. The van der Waals surface area contributed by atoms with Crippen LogP contribution in [0.15, 0.2) is 52.7 Å². The summed E-state index contributed by atoms with van der Waals surface area (Å²) in [6.45, 7) is 1.53. The molecule has 2 aromatic carbocycles. The Kier molecular flexibility index (Phi) is 7.10. The predicted molar refractivity (Wildman–Crippen MR) is 124 cm³/mol. The minimum atomic E-state index is -0.653. The van der Waals surface area contributed by atoms with Crippen LogP contribution in [0.25, 0.3) is 0 Å². The molecule has 0 saturated carbocycles. The van der Waals surface area contributed by atoms with Gasteiger partial charge < -0.3 is 19.5 Å². The average Bonchev–Trinajstić information content (AvgIpc) is 3.44. The number of ether oxygens (including phenoxy) is 3. The first-order chi connectivity index (χ1) is 16.0. The topological polar surface area (TPSA) is 116 Å². The third kappa shape index (κ3) is 6.02. The van der Waals surface area contributed by atoms with Gasteiger partial charge in [0, 0.05) is 22.0 Å². The molecule has 170 valence electrons. The summed E-state index contributed by atoms with van der Waals surface area (Å²) in [6.07, 6.45) is 0. The normalized spacial score (nSPS) is 11.7. The van der Waals surface area contributed by atoms with Gasteiger partial charge in [-0.2, -0.15) is 0 Å². The van der Waals surface area contributed by atoms with E-state index in [9.17, 15) is 14.4 Å². The number of hydrogen-bond donors (Lipinski definition) is 2. The summed E-state index contributed by atoms with van der Waals surface area (Å²) < 4.78 is 15.7. The zero-order valence-electron chi connectivity index (χ0n) is 17.5. The molecule has 0 radical (unpaired) electrons. The molecule has 0 saturated heterocycles. The van der Waals surface area contributed by atoms with Crippen LogP contribution in [0.5, 0.6) is 11.5 Å². The highest BCUT2D eigenvalue weighted by molar-refractivity contribution is 8.00. The highest BCUT2D eigenvalue weighted by atomic mass is 32.2. The molecular weight excluding hydrogens is 466 g/mol. The Hall–Kier alpha value is -3.57. The van der Waals surface area contributed by atoms with Gasteiger partial charge in [-0.15, -0.1) is 23.1 Å². The Bertz CT molecular complexity index is 1200. The summed E-state index contributed by atoms with van der Waals surface area (Å²) >= 11 is 2.48. The number of aryl methyl sites for hydroxylation is 1. The van der Waals surface area contributed by atoms with E-state index in [-0.39, 0.29) is 24.0 Å². The number of hydrogen-bond acceptors (Lipinski definition) is 9. The molecule has 0 spiro atoms. The van der Waals surface area contributed by atoms with Gasteiger partial charge in [-0.05, 0) is 31.2 Å². The van der Waals surface area contributed by atoms with E-state index < -0.39 is 18.5 Å². The van der Waals surface area contributed by atoms with Crippen molar-refractivity contribution < 1.29 is 28.6 Å². The minimum Gasteiger partial charge on any atom is -0.454 e. The van der Waals surface area contributed by atoms with Crippen LogP contribution in [-0.2, 0) is 14.3 Å². The van der Waals surface area contributed by atoms with E-state index in [1.54, 1.807) is 47.8 Å². The summed E-state index contributed by atoms with van der Waals surface area (Å²) in [7, 11) is 0. The first-order valence-corrected chi connectivity index (χ1v) is 11.6. The van der Waals surface area contributed by atoms with E-state index in [1.807, 2.05) is 6.92 Å². The number of nitrogens with zero attached hydrogens (tertiary/aromatic N) is 1. The van der Waals surface area contributed by atoms with Crippen LogP contribution in [0, 0.1) is 6.92 Å². The minimum absolute atomic E-state index is 0.0720. The van der Waals surface area contributed by atoms with E-state index >= 15 is 0 Å². The second-order valence-electron chi connectivity index (χ2n) is 6.82. The zero-order chi connectivity index (χ0) is 23.2. The Labute approximate surface area is 197 Å². The third-order valence-electron chi connectivity index (χ3n) is 4.32. The smallest absolute Gasteiger partial charge is 0.339 e. The number of aromatic nitrogens is 1. The van der Waals surface area contributed by atoms with Gasteiger partial charge in [0.15, 0.2) is 23.2 Å². The van der Waals surface area contributed by atoms with Crippen molar-refractivity contribution in [2.75, 3.05) is 29.8 Å². The maximum atomic E-state index is 12.5. The zero-order valence-corrected chi connectivity index (χ0v) is 19.1. The molecule has 1 aliphatic heterocycles. The number of esters is 1. The number of nitrogens with one attached hydrogen (secondary N) is 2. The highest BCUT2D eigenvalue weighted by Gasteiger charge is 2.17. The number of benzene rings is 2. The quantitative estimate of drug-likeness (QED) is 0.367. The molecule has 9 nitrogen and oxygen atoms in total. The maximum absolute atomic E-state index is 12.5. The monoisotopic (exact) mass is 485 g/mol. The standard InChI is InChI=1S/C22H19N3O6S2/c1-13-10-33-22(23-13)25-19(26)9-29-21(28)15-4-2-3-5-18(15)32-11-20(27)24-14-6-7-16-17(8-14)31-12-30-16/h2-8,10H,9,11-12H2,1H3,(H,24,27)(H,23,25,26). The van der Waals surface area contributed by atoms with Crippen LogP contribution in [0.4, 0.5) is 10.8 Å². The molecule has 0 fully saturated rings. The molecule has 3 aromatic rings. The Morgan fingerprint density at radius 1 is 1.09 bits per heavy atom. The second kappa shape index (κ2) is 10.4. The summed E-state index contributed by atoms with van der Waals surface area (Å²) in [5.41, 5.74) is 1.65. The summed E-state index contributed by atoms with van der Waals surface area (Å²) in [4.78, 5) is 41.6. The molecule has 33 heavy (non-hydrogen) atoms. The Morgan fingerprint density at radius 3 is 2.73 bits per heavy atom. The van der Waals surface area contributed by atoms with Crippen molar-refractivity contribution in [2.24, 2.45) is 0 Å². The van der Waals surface area contributed by atoms with Gasteiger partial charge in [0.25, 0.3) is 5.91 Å². The van der Waals surface area contributed by atoms with Crippen molar-refractivity contribution in [3.63, 3.8) is 0 Å². The van der Waals surface area contributed by atoms with E-state index in [1.165, 1.54) is 23.1 Å². The lowest BCUT2D eigenvalue weighted by Crippen LogP contribution is -2.21. The van der Waals surface area contributed by atoms with Crippen molar-refractivity contribution in [1.29, 1.82) is 0 Å². The maximum Gasteiger partial charge on any atom is 0.339 e. The van der Waals surface area contributed by atoms with Crippen LogP contribution < -0.4 is 20.1 Å². The van der Waals surface area contributed by atoms with Crippen LogP contribution in [0.2, 0.25) is 0 Å². The van der Waals surface area contributed by atoms with Crippen molar-refractivity contribution in [2.45, 2.75) is 11.8 Å². The number of anilines is 2. The highest BCUT2D eigenvalue weighted by Crippen LogP contribution is 2.34. The Morgan fingerprint density at radius 2 is 1.91 bits per heavy atom. The van der Waals surface area contributed by atoms with Gasteiger partial charge in [-0.25, -0.2) is 9.78 Å². The number of carbonyl (C=O) groups is 3. The fraction of sp³-hybridized carbons (Fsp3) is 0.182. The number of thioether (sulfide) groups is 1. The molecule has 2 amide bonds. The average molecular weight is 486 g/mol. The third-order valence-corrected chi connectivity index (χ3v) is 6.27. The van der Waals surface area contributed by atoms with Crippen LogP contribution in [0.1, 0.15) is 16.1 Å². The molecule has 4 rings (SSSR count). The van der Waals surface area contributed by atoms with E-state index in [0.717, 1.165) is 5.69 Å². The molecule has 0 atom stereocenters. The lowest BCUT2D eigenvalue weighted by atomic mass is 10.2. The molecular formula is C22H19N3O6S2. The van der Waals surface area contributed by atoms with Crippen molar-refractivity contribution >= 4 is 51.7 Å². The molecule has 1 aromatic heterocycles. The van der Waals surface area contributed by atoms with Crippen LogP contribution in [-0.4, -0.2) is 41.9 Å². The van der Waals surface area contributed by atoms with Gasteiger partial charge in [-0.1, -0.05) is 12.1 Å². The molecule has 0 aliphatic carbocycles. The van der Waals surface area contributed by atoms with Gasteiger partial charge in [0.05, 0.1) is 17.0 Å². The molecule has 2 N–H and O–H groups in total. The first-order valence-electron chi connectivity index (χ1n) is 9.78. The van der Waals surface area contributed by atoms with Gasteiger partial charge in [0.1, 0.15) is 0 Å². The van der Waals surface area contributed by atoms with Gasteiger partial charge in [-0.3, -0.25) is 14.9 Å². The van der Waals surface area contributed by atoms with Gasteiger partial charge >= 0.3 is 5.97 Å². The fourth-order valence-electron chi connectivity index (χ4n) is 2.85. The second-order valence-corrected chi connectivity index (χ2v) is 8.69. The first kappa shape index (κ1) is 22.6. The SMILES string of the molecule is Cc1csc(NC(=O)COC(=O)c2ccccc2SCC(=O)Nc2ccc3c(c2)OCO3)n1. The lowest BCUT2D eigenvalue weighted by Gasteiger charge is -2.10. The van der Waals surface area contributed by atoms with Crippen molar-refractivity contribution in [3.05, 3.63) is 59.1 Å². The van der Waals surface area contributed by atoms with Crippen LogP contribution >= 0.6 is 23.1 Å². The van der Waals surface area contributed by atoms with E-state index in [0.29, 0.717) is 27.2 Å². The van der Waals surface area contributed by atoms with Gasteiger partial charge in [0.2, 0.25) is 12.7 Å². The Balaban J connectivity index is 1.29. The molecule has 1 aliphatic rings. The van der Waals surface area contributed by atoms with Crippen LogP contribution in [0.3, 0.4) is 0 Å². The fourth-order valence-corrected chi connectivity index (χ4v) is 4.40.